The zero-order valence-corrected chi connectivity index (χ0v) is 18.3. The smallest absolute Gasteiger partial charge is 0.263 e. The van der Waals surface area contributed by atoms with Gasteiger partial charge < -0.3 is 19.8 Å². The molecule has 1 fully saturated rings. The van der Waals surface area contributed by atoms with Crippen molar-refractivity contribution in [3.05, 3.63) is 58.8 Å². The van der Waals surface area contributed by atoms with Gasteiger partial charge in [-0.3, -0.25) is 14.4 Å². The minimum absolute atomic E-state index is 0.0637. The molecule has 8 heteroatoms. The van der Waals surface area contributed by atoms with Gasteiger partial charge >= 0.3 is 0 Å². The maximum absolute atomic E-state index is 12.8. The fourth-order valence-corrected chi connectivity index (χ4v) is 4.26. The highest BCUT2D eigenvalue weighted by molar-refractivity contribution is 5.95. The van der Waals surface area contributed by atoms with E-state index in [2.05, 4.69) is 27.1 Å². The molecule has 0 radical (unpaired) electrons. The number of anilines is 1. The highest BCUT2D eigenvalue weighted by Gasteiger charge is 2.19. The second kappa shape index (κ2) is 9.80. The molecule has 0 unspecified atom stereocenters. The molecule has 1 aromatic carbocycles. The van der Waals surface area contributed by atoms with Crippen LogP contribution in [-0.4, -0.2) is 32.0 Å². The van der Waals surface area contributed by atoms with E-state index in [9.17, 15) is 14.4 Å². The topological polar surface area (TPSA) is 98.0 Å². The molecule has 1 aliphatic rings. The summed E-state index contributed by atoms with van der Waals surface area (Å²) in [5.41, 5.74) is 2.02. The Kier molecular flexibility index (Phi) is 6.68. The lowest BCUT2D eigenvalue weighted by Crippen LogP contribution is -2.40. The van der Waals surface area contributed by atoms with E-state index in [0.717, 1.165) is 49.7 Å². The van der Waals surface area contributed by atoms with Crippen LogP contribution in [0.15, 0.2) is 47.7 Å². The van der Waals surface area contributed by atoms with Crippen LogP contribution in [0.1, 0.15) is 55.8 Å². The van der Waals surface area contributed by atoms with E-state index in [1.165, 1.54) is 23.3 Å². The average molecular weight is 436 g/mol. The third kappa shape index (κ3) is 4.90. The Bertz CT molecular complexity index is 1170. The van der Waals surface area contributed by atoms with E-state index in [1.807, 2.05) is 18.2 Å². The number of rotatable bonds is 7. The van der Waals surface area contributed by atoms with Gasteiger partial charge in [-0.25, -0.2) is 4.98 Å². The van der Waals surface area contributed by atoms with Gasteiger partial charge in [0.05, 0.1) is 17.4 Å². The highest BCUT2D eigenvalue weighted by atomic mass is 16.2. The molecule has 4 rings (SSSR count). The summed E-state index contributed by atoms with van der Waals surface area (Å²) in [5.74, 6) is -0.714. The monoisotopic (exact) mass is 435 g/mol. The molecule has 0 bridgehead atoms. The van der Waals surface area contributed by atoms with Gasteiger partial charge in [0, 0.05) is 24.5 Å². The lowest BCUT2D eigenvalue weighted by atomic mass is 9.95. The van der Waals surface area contributed by atoms with Crippen molar-refractivity contribution in [3.63, 3.8) is 0 Å². The van der Waals surface area contributed by atoms with E-state index in [4.69, 9.17) is 0 Å². The molecular weight excluding hydrogens is 406 g/mol. The summed E-state index contributed by atoms with van der Waals surface area (Å²) in [4.78, 5) is 42.4. The third-order valence-electron chi connectivity index (χ3n) is 5.89. The Morgan fingerprint density at radius 1 is 1.12 bits per heavy atom. The molecule has 0 spiro atoms. The predicted molar refractivity (Wildman–Crippen MR) is 124 cm³/mol. The number of nitrogens with zero attached hydrogens (tertiary/aromatic N) is 3. The van der Waals surface area contributed by atoms with Gasteiger partial charge in [0.15, 0.2) is 0 Å². The second-order valence-corrected chi connectivity index (χ2v) is 8.35. The van der Waals surface area contributed by atoms with Crippen LogP contribution in [0.3, 0.4) is 0 Å². The van der Waals surface area contributed by atoms with Crippen LogP contribution in [0, 0.1) is 0 Å². The van der Waals surface area contributed by atoms with Crippen LogP contribution < -0.4 is 16.2 Å². The molecule has 0 aliphatic heterocycles. The molecule has 2 N–H and O–H groups in total. The summed E-state index contributed by atoms with van der Waals surface area (Å²) in [6.45, 7) is 2.82. The van der Waals surface area contributed by atoms with Gasteiger partial charge in [0.25, 0.3) is 11.5 Å². The number of fused-ring (bicyclic) bond motifs is 1. The van der Waals surface area contributed by atoms with Crippen LogP contribution in [0.4, 0.5) is 5.69 Å². The summed E-state index contributed by atoms with van der Waals surface area (Å²) in [6, 6.07) is 8.81. The number of nitrogens with one attached hydrogen (secondary N) is 2. The van der Waals surface area contributed by atoms with Gasteiger partial charge in [-0.15, -0.1) is 0 Å². The Morgan fingerprint density at radius 2 is 1.94 bits per heavy atom. The quantitative estimate of drug-likeness (QED) is 0.595. The van der Waals surface area contributed by atoms with Crippen molar-refractivity contribution < 1.29 is 9.59 Å². The molecule has 32 heavy (non-hydrogen) atoms. The number of benzene rings is 1. The lowest BCUT2D eigenvalue weighted by molar-refractivity contribution is -0.116. The number of aryl methyl sites for hydroxylation is 1. The Morgan fingerprint density at radius 3 is 2.72 bits per heavy atom. The molecule has 0 atom stereocenters. The standard InChI is InChI=1S/C24H29N5O3/c1-2-12-29-16-25-20-14-18(10-11-21(20)29)26-22(30)15-28-13-6-9-19(24(28)32)23(31)27-17-7-4-3-5-8-17/h6,9-11,13-14,16-17H,2-5,7-8,12,15H2,1H3,(H,26,30)(H,27,31). The number of amides is 2. The summed E-state index contributed by atoms with van der Waals surface area (Å²) in [5, 5.41) is 5.78. The molecule has 2 heterocycles. The van der Waals surface area contributed by atoms with Gasteiger partial charge in [0.2, 0.25) is 5.91 Å². The third-order valence-corrected chi connectivity index (χ3v) is 5.89. The molecule has 2 amide bonds. The number of pyridine rings is 1. The van der Waals surface area contributed by atoms with Gasteiger partial charge in [-0.1, -0.05) is 26.2 Å². The normalized spacial score (nSPS) is 14.4. The Balaban J connectivity index is 1.43. The molecule has 2 aromatic heterocycles. The number of carbonyl (C=O) groups excluding carboxylic acids is 2. The van der Waals surface area contributed by atoms with Crippen LogP contribution in [0.5, 0.6) is 0 Å². The maximum Gasteiger partial charge on any atom is 0.263 e. The van der Waals surface area contributed by atoms with E-state index in [-0.39, 0.29) is 30.0 Å². The minimum atomic E-state index is -0.468. The van der Waals surface area contributed by atoms with Crippen LogP contribution in [0.25, 0.3) is 11.0 Å². The number of aromatic nitrogens is 3. The van der Waals surface area contributed by atoms with Crippen molar-refractivity contribution in [2.45, 2.75) is 64.6 Å². The van der Waals surface area contributed by atoms with E-state index < -0.39 is 5.56 Å². The number of imidazole rings is 1. The van der Waals surface area contributed by atoms with Crippen molar-refractivity contribution in [1.82, 2.24) is 19.4 Å². The van der Waals surface area contributed by atoms with Crippen molar-refractivity contribution >= 4 is 28.5 Å². The van der Waals surface area contributed by atoms with Crippen molar-refractivity contribution in [2.75, 3.05) is 5.32 Å². The van der Waals surface area contributed by atoms with Crippen LogP contribution >= 0.6 is 0 Å². The SMILES string of the molecule is CCCn1cnc2cc(NC(=O)Cn3cccc(C(=O)NC4CCCCC4)c3=O)ccc21. The zero-order valence-electron chi connectivity index (χ0n) is 18.3. The van der Waals surface area contributed by atoms with Crippen LogP contribution in [-0.2, 0) is 17.9 Å². The number of hydrogen-bond acceptors (Lipinski definition) is 4. The van der Waals surface area contributed by atoms with Crippen molar-refractivity contribution in [3.8, 4) is 0 Å². The minimum Gasteiger partial charge on any atom is -0.349 e. The van der Waals surface area contributed by atoms with Crippen molar-refractivity contribution in [1.29, 1.82) is 0 Å². The van der Waals surface area contributed by atoms with Gasteiger partial charge in [0.1, 0.15) is 12.1 Å². The Labute approximate surface area is 186 Å². The number of hydrogen-bond donors (Lipinski definition) is 2. The highest BCUT2D eigenvalue weighted by Crippen LogP contribution is 2.19. The first kappa shape index (κ1) is 21.8. The first-order chi connectivity index (χ1) is 15.5. The zero-order chi connectivity index (χ0) is 22.5. The molecule has 0 saturated heterocycles. The van der Waals surface area contributed by atoms with Gasteiger partial charge in [-0.05, 0) is 49.6 Å². The number of carbonyl (C=O) groups is 2. The summed E-state index contributed by atoms with van der Waals surface area (Å²) in [7, 11) is 0. The summed E-state index contributed by atoms with van der Waals surface area (Å²) < 4.78 is 3.34. The summed E-state index contributed by atoms with van der Waals surface area (Å²) >= 11 is 0. The largest absolute Gasteiger partial charge is 0.349 e. The average Bonchev–Trinajstić information content (AvgIpc) is 3.18. The van der Waals surface area contributed by atoms with E-state index in [1.54, 1.807) is 12.4 Å². The molecule has 168 valence electrons. The fraction of sp³-hybridized carbons (Fsp3) is 0.417. The fourth-order valence-electron chi connectivity index (χ4n) is 4.26. The maximum atomic E-state index is 12.8. The van der Waals surface area contributed by atoms with Crippen molar-refractivity contribution in [2.24, 2.45) is 0 Å². The summed E-state index contributed by atoms with van der Waals surface area (Å²) in [6.07, 6.45) is 9.58. The van der Waals surface area contributed by atoms with Gasteiger partial charge in [-0.2, -0.15) is 0 Å². The van der Waals surface area contributed by atoms with E-state index >= 15 is 0 Å². The molecule has 3 aromatic rings. The molecule has 1 aliphatic carbocycles. The molecular formula is C24H29N5O3. The predicted octanol–water partition coefficient (Wildman–Crippen LogP) is 3.31. The lowest BCUT2D eigenvalue weighted by Gasteiger charge is -2.22. The second-order valence-electron chi connectivity index (χ2n) is 8.35. The Hall–Kier alpha value is -3.42. The molecule has 1 saturated carbocycles. The van der Waals surface area contributed by atoms with E-state index in [0.29, 0.717) is 5.69 Å². The first-order valence-corrected chi connectivity index (χ1v) is 11.3. The first-order valence-electron chi connectivity index (χ1n) is 11.3. The van der Waals surface area contributed by atoms with Crippen LogP contribution in [0.2, 0.25) is 0 Å². The molecule has 8 nitrogen and oxygen atoms in total.